The summed E-state index contributed by atoms with van der Waals surface area (Å²) in [4.78, 5) is 0. The Kier molecular flexibility index (Phi) is 2.72. The van der Waals surface area contributed by atoms with Gasteiger partial charge in [0.1, 0.15) is 5.69 Å². The monoisotopic (exact) mass is 244 g/mol. The van der Waals surface area contributed by atoms with Crippen molar-refractivity contribution < 1.29 is 0 Å². The second-order valence-electron chi connectivity index (χ2n) is 2.89. The number of halogens is 2. The third-order valence-corrected chi connectivity index (χ3v) is 3.03. The van der Waals surface area contributed by atoms with Crippen LogP contribution in [-0.4, -0.2) is 8.75 Å². The highest BCUT2D eigenvalue weighted by Gasteiger charge is 2.11. The largest absolute Gasteiger partial charge is 0.171 e. The second-order valence-corrected chi connectivity index (χ2v) is 4.18. The van der Waals surface area contributed by atoms with Crippen molar-refractivity contribution in [2.24, 2.45) is 0 Å². The van der Waals surface area contributed by atoms with Crippen LogP contribution in [0.5, 0.6) is 0 Å². The molecule has 0 aliphatic rings. The molecular weight excluding hydrogens is 239 g/mol. The van der Waals surface area contributed by atoms with Gasteiger partial charge in [0.05, 0.1) is 16.8 Å². The lowest BCUT2D eigenvalue weighted by atomic mass is 10.1. The Morgan fingerprint density at radius 2 is 2.00 bits per heavy atom. The van der Waals surface area contributed by atoms with Gasteiger partial charge in [-0.2, -0.15) is 8.75 Å². The Hall–Kier alpha value is -0.640. The minimum absolute atomic E-state index is 0.403. The van der Waals surface area contributed by atoms with Crippen LogP contribution in [-0.2, 0) is 0 Å². The molecule has 0 N–H and O–H groups in total. The van der Waals surface area contributed by atoms with Crippen molar-refractivity contribution in [2.45, 2.75) is 6.92 Å². The van der Waals surface area contributed by atoms with Gasteiger partial charge in [-0.3, -0.25) is 0 Å². The lowest BCUT2D eigenvalue weighted by molar-refractivity contribution is 1.44. The molecule has 0 bridgehead atoms. The van der Waals surface area contributed by atoms with Crippen LogP contribution >= 0.6 is 34.9 Å². The molecule has 0 aliphatic carbocycles. The van der Waals surface area contributed by atoms with Gasteiger partial charge in [-0.25, -0.2) is 0 Å². The molecule has 14 heavy (non-hydrogen) atoms. The third-order valence-electron chi connectivity index (χ3n) is 1.83. The highest BCUT2D eigenvalue weighted by molar-refractivity contribution is 6.99. The molecule has 0 fully saturated rings. The predicted molar refractivity (Wildman–Crippen MR) is 60.1 cm³/mol. The number of rotatable bonds is 1. The summed E-state index contributed by atoms with van der Waals surface area (Å²) in [5.74, 6) is 0. The van der Waals surface area contributed by atoms with E-state index in [0.29, 0.717) is 15.9 Å². The zero-order valence-electron chi connectivity index (χ0n) is 7.29. The average Bonchev–Trinajstić information content (AvgIpc) is 2.52. The van der Waals surface area contributed by atoms with Crippen LogP contribution in [0.3, 0.4) is 0 Å². The molecule has 0 radical (unpaired) electrons. The molecule has 0 saturated heterocycles. The zero-order chi connectivity index (χ0) is 10.1. The van der Waals surface area contributed by atoms with Crippen molar-refractivity contribution in [2.75, 3.05) is 0 Å². The molecular formula is C9H6Cl2N2S. The van der Waals surface area contributed by atoms with Gasteiger partial charge in [0.25, 0.3) is 0 Å². The lowest BCUT2D eigenvalue weighted by Crippen LogP contribution is -1.81. The molecule has 0 saturated carbocycles. The van der Waals surface area contributed by atoms with Gasteiger partial charge in [0, 0.05) is 5.56 Å². The lowest BCUT2D eigenvalue weighted by Gasteiger charge is -2.01. The first kappa shape index (κ1) is 9.90. The van der Waals surface area contributed by atoms with Crippen LogP contribution in [0.2, 0.25) is 10.2 Å². The van der Waals surface area contributed by atoms with Crippen LogP contribution in [0, 0.1) is 6.92 Å². The molecule has 0 aliphatic heterocycles. The van der Waals surface area contributed by atoms with E-state index in [0.717, 1.165) is 22.9 Å². The molecule has 0 unspecified atom stereocenters. The Labute approximate surface area is 95.8 Å². The van der Waals surface area contributed by atoms with Crippen LogP contribution < -0.4 is 0 Å². The first-order valence-electron chi connectivity index (χ1n) is 3.93. The van der Waals surface area contributed by atoms with Gasteiger partial charge in [0.2, 0.25) is 0 Å². The fraction of sp³-hybridized carbons (Fsp3) is 0.111. The maximum Gasteiger partial charge on any atom is 0.170 e. The van der Waals surface area contributed by atoms with E-state index in [1.54, 1.807) is 0 Å². The molecule has 0 atom stereocenters. The van der Waals surface area contributed by atoms with E-state index < -0.39 is 0 Å². The standard InChI is InChI=1S/C9H6Cl2N2S/c1-5-2-3-6(7(10)4-5)8-9(11)13-14-12-8/h2-4H,1H3. The minimum Gasteiger partial charge on any atom is -0.171 e. The number of benzene rings is 1. The van der Waals surface area contributed by atoms with Gasteiger partial charge in [-0.15, -0.1) is 0 Å². The Bertz CT molecular complexity index is 468. The quantitative estimate of drug-likeness (QED) is 0.763. The van der Waals surface area contributed by atoms with E-state index in [-0.39, 0.29) is 0 Å². The molecule has 1 heterocycles. The van der Waals surface area contributed by atoms with Crippen LogP contribution in [0.1, 0.15) is 5.56 Å². The van der Waals surface area contributed by atoms with E-state index in [9.17, 15) is 0 Å². The molecule has 2 rings (SSSR count). The molecule has 1 aromatic carbocycles. The van der Waals surface area contributed by atoms with Gasteiger partial charge in [-0.1, -0.05) is 35.3 Å². The topological polar surface area (TPSA) is 25.8 Å². The van der Waals surface area contributed by atoms with Crippen LogP contribution in [0.15, 0.2) is 18.2 Å². The minimum atomic E-state index is 0.403. The molecule has 2 aromatic rings. The van der Waals surface area contributed by atoms with E-state index in [1.807, 2.05) is 25.1 Å². The Morgan fingerprint density at radius 3 is 2.57 bits per heavy atom. The number of aromatic nitrogens is 2. The summed E-state index contributed by atoms with van der Waals surface area (Å²) in [5, 5.41) is 1.06. The van der Waals surface area contributed by atoms with E-state index >= 15 is 0 Å². The SMILES string of the molecule is Cc1ccc(-c2nsnc2Cl)c(Cl)c1. The first-order valence-corrected chi connectivity index (χ1v) is 5.41. The van der Waals surface area contributed by atoms with Gasteiger partial charge in [-0.05, 0) is 18.6 Å². The molecule has 0 amide bonds. The zero-order valence-corrected chi connectivity index (χ0v) is 9.62. The summed E-state index contributed by atoms with van der Waals surface area (Å²) in [6.07, 6.45) is 0. The fourth-order valence-electron chi connectivity index (χ4n) is 1.15. The highest BCUT2D eigenvalue weighted by atomic mass is 35.5. The van der Waals surface area contributed by atoms with Crippen molar-refractivity contribution >= 4 is 34.9 Å². The van der Waals surface area contributed by atoms with Crippen LogP contribution in [0.4, 0.5) is 0 Å². The fourth-order valence-corrected chi connectivity index (χ4v) is 2.23. The molecule has 0 spiro atoms. The van der Waals surface area contributed by atoms with Gasteiger partial charge >= 0.3 is 0 Å². The van der Waals surface area contributed by atoms with Gasteiger partial charge < -0.3 is 0 Å². The summed E-state index contributed by atoms with van der Waals surface area (Å²) < 4.78 is 7.98. The molecule has 1 aromatic heterocycles. The average molecular weight is 245 g/mol. The van der Waals surface area contributed by atoms with E-state index in [2.05, 4.69) is 8.75 Å². The Morgan fingerprint density at radius 1 is 1.21 bits per heavy atom. The van der Waals surface area contributed by atoms with E-state index in [4.69, 9.17) is 23.2 Å². The summed E-state index contributed by atoms with van der Waals surface area (Å²) >= 11 is 13.0. The number of nitrogens with zero attached hydrogens (tertiary/aromatic N) is 2. The predicted octanol–water partition coefficient (Wildman–Crippen LogP) is 3.82. The highest BCUT2D eigenvalue weighted by Crippen LogP contribution is 2.31. The molecule has 2 nitrogen and oxygen atoms in total. The first-order chi connectivity index (χ1) is 6.68. The number of hydrogen-bond acceptors (Lipinski definition) is 3. The maximum atomic E-state index is 6.07. The molecule has 5 heteroatoms. The van der Waals surface area contributed by atoms with Crippen molar-refractivity contribution in [3.05, 3.63) is 33.9 Å². The summed E-state index contributed by atoms with van der Waals surface area (Å²) in [6, 6.07) is 5.75. The van der Waals surface area contributed by atoms with E-state index in [1.165, 1.54) is 0 Å². The van der Waals surface area contributed by atoms with Crippen molar-refractivity contribution in [1.82, 2.24) is 8.75 Å². The molecule has 72 valence electrons. The maximum absolute atomic E-state index is 6.07. The normalized spacial score (nSPS) is 10.5. The third kappa shape index (κ3) is 1.75. The smallest absolute Gasteiger partial charge is 0.170 e. The number of aryl methyl sites for hydroxylation is 1. The second kappa shape index (κ2) is 3.85. The summed E-state index contributed by atoms with van der Waals surface area (Å²) in [7, 11) is 0. The van der Waals surface area contributed by atoms with Gasteiger partial charge in [0.15, 0.2) is 5.15 Å². The van der Waals surface area contributed by atoms with Crippen LogP contribution in [0.25, 0.3) is 11.3 Å². The van der Waals surface area contributed by atoms with Crippen molar-refractivity contribution in [1.29, 1.82) is 0 Å². The van der Waals surface area contributed by atoms with Crippen molar-refractivity contribution in [3.63, 3.8) is 0 Å². The summed E-state index contributed by atoms with van der Waals surface area (Å²) in [5.41, 5.74) is 2.59. The summed E-state index contributed by atoms with van der Waals surface area (Å²) in [6.45, 7) is 1.98. The van der Waals surface area contributed by atoms with Crippen molar-refractivity contribution in [3.8, 4) is 11.3 Å². The number of hydrogen-bond donors (Lipinski definition) is 0. The Balaban J connectivity index is 2.58.